The Labute approximate surface area is 193 Å². The van der Waals surface area contributed by atoms with Crippen LogP contribution in [0.5, 0.6) is 11.5 Å². The molecule has 2 N–H and O–H groups in total. The van der Waals surface area contributed by atoms with Crippen LogP contribution in [0.15, 0.2) is 76.3 Å². The predicted molar refractivity (Wildman–Crippen MR) is 129 cm³/mol. The average molecular weight is 490 g/mol. The molecule has 0 radical (unpaired) electrons. The number of rotatable bonds is 5. The number of aryl methyl sites for hydroxylation is 1. The minimum Gasteiger partial charge on any atom is -0.504 e. The van der Waals surface area contributed by atoms with E-state index in [9.17, 15) is 9.90 Å². The Balaban J connectivity index is 1.68. The molecule has 0 spiro atoms. The summed E-state index contributed by atoms with van der Waals surface area (Å²) >= 11 is 3.44. The molecule has 0 aliphatic carbocycles. The summed E-state index contributed by atoms with van der Waals surface area (Å²) in [6.07, 6.45) is 1.49. The molecule has 7 heteroatoms. The number of phenols is 1. The molecular formula is C25H20BrN3O3. The highest BCUT2D eigenvalue weighted by Gasteiger charge is 2.14. The molecule has 1 heterocycles. The number of carbonyl (C=O) groups is 1. The lowest BCUT2D eigenvalue weighted by Crippen LogP contribution is -2.18. The van der Waals surface area contributed by atoms with Crippen LogP contribution in [0.2, 0.25) is 0 Å². The number of nitrogens with one attached hydrogen (secondary N) is 1. The van der Waals surface area contributed by atoms with Gasteiger partial charge in [-0.15, -0.1) is 0 Å². The molecule has 0 aliphatic heterocycles. The SMILES string of the molecule is COc1cc(C=NNC(=O)c2cc(-c3ccc(Br)cc3)nc3ccc(C)cc23)ccc1O. The number of fused-ring (bicyclic) bond motifs is 1. The Morgan fingerprint density at radius 1 is 1.09 bits per heavy atom. The number of carbonyl (C=O) groups excluding carboxylic acids is 1. The van der Waals surface area contributed by atoms with Crippen LogP contribution in [-0.4, -0.2) is 29.3 Å². The molecule has 0 saturated heterocycles. The van der Waals surface area contributed by atoms with Gasteiger partial charge in [0, 0.05) is 15.4 Å². The third-order valence-electron chi connectivity index (χ3n) is 4.93. The quantitative estimate of drug-likeness (QED) is 0.288. The van der Waals surface area contributed by atoms with Crippen molar-refractivity contribution in [2.45, 2.75) is 6.92 Å². The number of aromatic hydroxyl groups is 1. The molecule has 1 aromatic heterocycles. The molecule has 6 nitrogen and oxygen atoms in total. The van der Waals surface area contributed by atoms with Crippen LogP contribution in [0.25, 0.3) is 22.2 Å². The van der Waals surface area contributed by atoms with Gasteiger partial charge in [0.25, 0.3) is 5.91 Å². The van der Waals surface area contributed by atoms with Crippen LogP contribution in [0.3, 0.4) is 0 Å². The maximum absolute atomic E-state index is 13.1. The molecule has 0 fully saturated rings. The summed E-state index contributed by atoms with van der Waals surface area (Å²) in [5.74, 6) is 0.0196. The molecule has 4 rings (SSSR count). The lowest BCUT2D eigenvalue weighted by Gasteiger charge is -2.10. The van der Waals surface area contributed by atoms with Crippen molar-refractivity contribution in [2.24, 2.45) is 5.10 Å². The van der Waals surface area contributed by atoms with Gasteiger partial charge in [-0.2, -0.15) is 5.10 Å². The number of phenolic OH excluding ortho intramolecular Hbond substituents is 1. The van der Waals surface area contributed by atoms with E-state index in [1.807, 2.05) is 49.4 Å². The third kappa shape index (κ3) is 4.63. The first-order valence-electron chi connectivity index (χ1n) is 9.82. The zero-order chi connectivity index (χ0) is 22.7. The van der Waals surface area contributed by atoms with Gasteiger partial charge in [-0.25, -0.2) is 10.4 Å². The first kappa shape index (κ1) is 21.5. The van der Waals surface area contributed by atoms with Crippen LogP contribution < -0.4 is 10.2 Å². The standard InChI is InChI=1S/C25H20BrN3O3/c1-15-3-9-21-19(11-15)20(13-22(28-21)17-5-7-18(26)8-6-17)25(31)29-27-14-16-4-10-23(30)24(12-16)32-2/h3-14,30H,1-2H3,(H,29,31). The van der Waals surface area contributed by atoms with Crippen LogP contribution in [0.4, 0.5) is 0 Å². The number of nitrogens with zero attached hydrogens (tertiary/aromatic N) is 2. The van der Waals surface area contributed by atoms with Crippen molar-refractivity contribution < 1.29 is 14.6 Å². The minimum absolute atomic E-state index is 0.0350. The van der Waals surface area contributed by atoms with E-state index < -0.39 is 0 Å². The second-order valence-corrected chi connectivity index (χ2v) is 8.13. The largest absolute Gasteiger partial charge is 0.504 e. The smallest absolute Gasteiger partial charge is 0.272 e. The highest BCUT2D eigenvalue weighted by atomic mass is 79.9. The monoisotopic (exact) mass is 489 g/mol. The lowest BCUT2D eigenvalue weighted by molar-refractivity contribution is 0.0956. The fraction of sp³-hybridized carbons (Fsp3) is 0.0800. The number of benzene rings is 3. The van der Waals surface area contributed by atoms with Crippen LogP contribution >= 0.6 is 15.9 Å². The Morgan fingerprint density at radius 2 is 1.88 bits per heavy atom. The highest BCUT2D eigenvalue weighted by molar-refractivity contribution is 9.10. The summed E-state index contributed by atoms with van der Waals surface area (Å²) < 4.78 is 6.06. The maximum atomic E-state index is 13.1. The second kappa shape index (κ2) is 9.20. The van der Waals surface area contributed by atoms with Gasteiger partial charge >= 0.3 is 0 Å². The molecule has 0 aliphatic rings. The summed E-state index contributed by atoms with van der Waals surface area (Å²) in [7, 11) is 1.47. The van der Waals surface area contributed by atoms with Crippen LogP contribution in [0.1, 0.15) is 21.5 Å². The predicted octanol–water partition coefficient (Wildman–Crippen LogP) is 5.45. The van der Waals surface area contributed by atoms with E-state index in [-0.39, 0.29) is 11.7 Å². The van der Waals surface area contributed by atoms with Gasteiger partial charge in [0.1, 0.15) is 0 Å². The van der Waals surface area contributed by atoms with Crippen molar-refractivity contribution in [3.63, 3.8) is 0 Å². The first-order valence-corrected chi connectivity index (χ1v) is 10.6. The number of aromatic nitrogens is 1. The molecule has 160 valence electrons. The third-order valence-corrected chi connectivity index (χ3v) is 5.46. The number of hydrazone groups is 1. The van der Waals surface area contributed by atoms with Gasteiger partial charge in [-0.05, 0) is 61.0 Å². The van der Waals surface area contributed by atoms with E-state index >= 15 is 0 Å². The molecule has 1 amide bonds. The van der Waals surface area contributed by atoms with Crippen molar-refractivity contribution in [3.05, 3.63) is 87.9 Å². The van der Waals surface area contributed by atoms with Crippen LogP contribution in [-0.2, 0) is 0 Å². The number of methoxy groups -OCH3 is 1. The lowest BCUT2D eigenvalue weighted by atomic mass is 10.0. The molecule has 0 saturated carbocycles. The molecule has 0 unspecified atom stereocenters. The summed E-state index contributed by atoms with van der Waals surface area (Å²) in [6.45, 7) is 1.97. The second-order valence-electron chi connectivity index (χ2n) is 7.21. The fourth-order valence-corrected chi connectivity index (χ4v) is 3.56. The normalized spacial score (nSPS) is 11.1. The van der Waals surface area contributed by atoms with E-state index in [0.29, 0.717) is 22.6 Å². The van der Waals surface area contributed by atoms with Crippen molar-refractivity contribution in [1.29, 1.82) is 0 Å². The Morgan fingerprint density at radius 3 is 2.62 bits per heavy atom. The molecule has 3 aromatic carbocycles. The number of hydrogen-bond donors (Lipinski definition) is 2. The summed E-state index contributed by atoms with van der Waals surface area (Å²) in [5.41, 5.74) is 7.12. The number of halogens is 1. The maximum Gasteiger partial charge on any atom is 0.272 e. The van der Waals surface area contributed by atoms with E-state index in [0.717, 1.165) is 26.5 Å². The van der Waals surface area contributed by atoms with Gasteiger partial charge in [0.2, 0.25) is 0 Å². The zero-order valence-electron chi connectivity index (χ0n) is 17.5. The van der Waals surface area contributed by atoms with Crippen molar-refractivity contribution in [1.82, 2.24) is 10.4 Å². The van der Waals surface area contributed by atoms with Gasteiger partial charge in [0.05, 0.1) is 30.1 Å². The molecule has 4 aromatic rings. The molecule has 32 heavy (non-hydrogen) atoms. The molecular weight excluding hydrogens is 470 g/mol. The van der Waals surface area contributed by atoms with Crippen molar-refractivity contribution in [3.8, 4) is 22.8 Å². The average Bonchev–Trinajstić information content (AvgIpc) is 2.80. The summed E-state index contributed by atoms with van der Waals surface area (Å²) in [5, 5.41) is 14.5. The minimum atomic E-state index is -0.344. The number of ether oxygens (including phenoxy) is 1. The summed E-state index contributed by atoms with van der Waals surface area (Å²) in [6, 6.07) is 20.2. The fourth-order valence-electron chi connectivity index (χ4n) is 3.30. The Kier molecular flexibility index (Phi) is 6.18. The van der Waals surface area contributed by atoms with Crippen LogP contribution in [0, 0.1) is 6.92 Å². The van der Waals surface area contributed by atoms with Crippen molar-refractivity contribution >= 4 is 39.0 Å². The van der Waals surface area contributed by atoms with E-state index in [2.05, 4.69) is 26.5 Å². The van der Waals surface area contributed by atoms with Crippen molar-refractivity contribution in [2.75, 3.05) is 7.11 Å². The number of amides is 1. The zero-order valence-corrected chi connectivity index (χ0v) is 19.1. The van der Waals surface area contributed by atoms with Gasteiger partial charge in [-0.3, -0.25) is 4.79 Å². The van der Waals surface area contributed by atoms with Gasteiger partial charge < -0.3 is 9.84 Å². The van der Waals surface area contributed by atoms with E-state index in [4.69, 9.17) is 9.72 Å². The Bertz CT molecular complexity index is 1330. The molecule has 0 atom stereocenters. The van der Waals surface area contributed by atoms with E-state index in [1.54, 1.807) is 18.2 Å². The van der Waals surface area contributed by atoms with Gasteiger partial charge in [0.15, 0.2) is 11.5 Å². The first-order chi connectivity index (χ1) is 15.4. The van der Waals surface area contributed by atoms with E-state index in [1.165, 1.54) is 19.4 Å². The Hall–Kier alpha value is -3.71. The number of hydrogen-bond acceptors (Lipinski definition) is 5. The number of pyridine rings is 1. The molecule has 0 bridgehead atoms. The summed E-state index contributed by atoms with van der Waals surface area (Å²) in [4.78, 5) is 17.8. The van der Waals surface area contributed by atoms with Gasteiger partial charge in [-0.1, -0.05) is 39.7 Å². The highest BCUT2D eigenvalue weighted by Crippen LogP contribution is 2.27. The topological polar surface area (TPSA) is 83.8 Å².